The molecule has 0 aliphatic heterocycles. The van der Waals surface area contributed by atoms with Crippen molar-refractivity contribution < 1.29 is 13.6 Å². The fourth-order valence-corrected chi connectivity index (χ4v) is 1.50. The molecule has 0 heterocycles. The highest BCUT2D eigenvalue weighted by molar-refractivity contribution is 8.13. The van der Waals surface area contributed by atoms with Gasteiger partial charge in [-0.25, -0.2) is 8.78 Å². The number of carbonyl (C=O) groups excluding carboxylic acids is 1. The van der Waals surface area contributed by atoms with Crippen molar-refractivity contribution in [2.24, 2.45) is 0 Å². The molecule has 0 aliphatic carbocycles. The van der Waals surface area contributed by atoms with E-state index < -0.39 is 11.6 Å². The monoisotopic (exact) mass is 240 g/mol. The molecular weight excluding hydrogens is 230 g/mol. The smallest absolute Gasteiger partial charge is 0.185 e. The zero-order valence-corrected chi connectivity index (χ0v) is 9.54. The summed E-state index contributed by atoms with van der Waals surface area (Å²) in [6.07, 6.45) is 0.472. The van der Waals surface area contributed by atoms with Crippen molar-refractivity contribution in [1.82, 2.24) is 0 Å². The standard InChI is InChI=1S/C12H10F2OS/c1-9(15)16-8-3-2-5-10-6-4-7-11(13)12(10)14/h4,6-7H,3,8H2,1H3. The van der Waals surface area contributed by atoms with Crippen molar-refractivity contribution in [2.45, 2.75) is 13.3 Å². The van der Waals surface area contributed by atoms with Crippen LogP contribution in [0.15, 0.2) is 18.2 Å². The molecule has 0 atom stereocenters. The summed E-state index contributed by atoms with van der Waals surface area (Å²) in [5, 5.41) is 0.0266. The molecule has 16 heavy (non-hydrogen) atoms. The molecule has 0 unspecified atom stereocenters. The van der Waals surface area contributed by atoms with Crippen LogP contribution in [0, 0.1) is 23.5 Å². The predicted molar refractivity (Wildman–Crippen MR) is 61.0 cm³/mol. The van der Waals surface area contributed by atoms with E-state index in [9.17, 15) is 13.6 Å². The lowest BCUT2D eigenvalue weighted by atomic mass is 10.2. The Kier molecular flexibility index (Phi) is 5.00. The van der Waals surface area contributed by atoms with E-state index in [2.05, 4.69) is 11.8 Å². The molecule has 1 rings (SSSR count). The number of halogens is 2. The molecule has 84 valence electrons. The Morgan fingerprint density at radius 1 is 1.44 bits per heavy atom. The highest BCUT2D eigenvalue weighted by atomic mass is 32.2. The van der Waals surface area contributed by atoms with Gasteiger partial charge in [-0.2, -0.15) is 0 Å². The second kappa shape index (κ2) is 6.29. The third-order valence-electron chi connectivity index (χ3n) is 1.71. The Bertz CT molecular complexity index is 446. The van der Waals surface area contributed by atoms with E-state index in [4.69, 9.17) is 0 Å². The number of rotatable bonds is 2. The van der Waals surface area contributed by atoms with Crippen LogP contribution in [0.2, 0.25) is 0 Å². The summed E-state index contributed by atoms with van der Waals surface area (Å²) >= 11 is 1.16. The van der Waals surface area contributed by atoms with Crippen molar-refractivity contribution in [3.05, 3.63) is 35.4 Å². The first kappa shape index (κ1) is 12.7. The number of benzene rings is 1. The molecule has 1 aromatic carbocycles. The third-order valence-corrected chi connectivity index (χ3v) is 2.52. The van der Waals surface area contributed by atoms with E-state index in [-0.39, 0.29) is 10.7 Å². The Morgan fingerprint density at radius 3 is 2.88 bits per heavy atom. The molecule has 0 amide bonds. The SMILES string of the molecule is CC(=O)SCCC#Cc1cccc(F)c1F. The lowest BCUT2D eigenvalue weighted by Gasteiger charge is -1.94. The highest BCUT2D eigenvalue weighted by Crippen LogP contribution is 2.10. The summed E-state index contributed by atoms with van der Waals surface area (Å²) in [6.45, 7) is 1.48. The molecule has 0 aliphatic rings. The van der Waals surface area contributed by atoms with Crippen LogP contribution in [-0.4, -0.2) is 10.9 Å². The van der Waals surface area contributed by atoms with Crippen molar-refractivity contribution in [1.29, 1.82) is 0 Å². The van der Waals surface area contributed by atoms with Gasteiger partial charge in [0.25, 0.3) is 0 Å². The average Bonchev–Trinajstić information content (AvgIpc) is 2.23. The van der Waals surface area contributed by atoms with Crippen molar-refractivity contribution in [2.75, 3.05) is 5.75 Å². The van der Waals surface area contributed by atoms with Crippen molar-refractivity contribution in [3.8, 4) is 11.8 Å². The molecule has 0 saturated heterocycles. The first-order chi connectivity index (χ1) is 7.61. The maximum atomic E-state index is 13.1. The van der Waals surface area contributed by atoms with Crippen LogP contribution in [0.25, 0.3) is 0 Å². The van der Waals surface area contributed by atoms with Crippen molar-refractivity contribution in [3.63, 3.8) is 0 Å². The van der Waals surface area contributed by atoms with E-state index in [0.29, 0.717) is 12.2 Å². The summed E-state index contributed by atoms with van der Waals surface area (Å²) < 4.78 is 25.9. The van der Waals surface area contributed by atoms with Crippen LogP contribution in [0.5, 0.6) is 0 Å². The fourth-order valence-electron chi connectivity index (χ4n) is 1.00. The highest BCUT2D eigenvalue weighted by Gasteiger charge is 2.03. The van der Waals surface area contributed by atoms with E-state index in [1.165, 1.54) is 19.1 Å². The van der Waals surface area contributed by atoms with E-state index in [1.807, 2.05) is 0 Å². The molecule has 0 fully saturated rings. The first-order valence-corrected chi connectivity index (χ1v) is 5.66. The van der Waals surface area contributed by atoms with Gasteiger partial charge in [-0.1, -0.05) is 29.7 Å². The maximum Gasteiger partial charge on any atom is 0.185 e. The zero-order chi connectivity index (χ0) is 12.0. The lowest BCUT2D eigenvalue weighted by Crippen LogP contribution is -1.88. The largest absolute Gasteiger partial charge is 0.288 e. The van der Waals surface area contributed by atoms with Gasteiger partial charge in [-0.3, -0.25) is 4.79 Å². The molecular formula is C12H10F2OS. The normalized spacial score (nSPS) is 9.44. The average molecular weight is 240 g/mol. The second-order valence-electron chi connectivity index (χ2n) is 2.99. The quantitative estimate of drug-likeness (QED) is 0.584. The Hall–Kier alpha value is -1.34. The minimum Gasteiger partial charge on any atom is -0.288 e. The van der Waals surface area contributed by atoms with Gasteiger partial charge in [0.1, 0.15) is 0 Å². The molecule has 4 heteroatoms. The number of hydrogen-bond donors (Lipinski definition) is 0. The Labute approximate surface area is 97.2 Å². The van der Waals surface area contributed by atoms with Crippen LogP contribution in [0.4, 0.5) is 8.78 Å². The van der Waals surface area contributed by atoms with Gasteiger partial charge in [-0.05, 0) is 12.1 Å². The summed E-state index contributed by atoms with van der Waals surface area (Å²) in [4.78, 5) is 10.6. The van der Waals surface area contributed by atoms with Crippen LogP contribution in [0.1, 0.15) is 18.9 Å². The predicted octanol–water partition coefficient (Wildman–Crippen LogP) is 2.99. The van der Waals surface area contributed by atoms with E-state index >= 15 is 0 Å². The minimum atomic E-state index is -0.922. The van der Waals surface area contributed by atoms with Gasteiger partial charge in [0.2, 0.25) is 0 Å². The van der Waals surface area contributed by atoms with Crippen LogP contribution in [0.3, 0.4) is 0 Å². The van der Waals surface area contributed by atoms with Gasteiger partial charge in [0, 0.05) is 19.1 Å². The number of thioether (sulfide) groups is 1. The first-order valence-electron chi connectivity index (χ1n) is 4.67. The molecule has 0 bridgehead atoms. The lowest BCUT2D eigenvalue weighted by molar-refractivity contribution is -0.109. The maximum absolute atomic E-state index is 13.1. The molecule has 0 spiro atoms. The second-order valence-corrected chi connectivity index (χ2v) is 4.27. The Morgan fingerprint density at radius 2 is 2.19 bits per heavy atom. The summed E-state index contributed by atoms with van der Waals surface area (Å²) in [5.74, 6) is 3.98. The van der Waals surface area contributed by atoms with Crippen LogP contribution >= 0.6 is 11.8 Å². The molecule has 0 N–H and O–H groups in total. The number of carbonyl (C=O) groups is 1. The summed E-state index contributed by atoms with van der Waals surface area (Å²) in [5.41, 5.74) is 0.0489. The molecule has 1 aromatic rings. The molecule has 0 saturated carbocycles. The zero-order valence-electron chi connectivity index (χ0n) is 8.72. The Balaban J connectivity index is 2.56. The number of hydrogen-bond acceptors (Lipinski definition) is 2. The third kappa shape index (κ3) is 4.03. The minimum absolute atomic E-state index is 0.0266. The van der Waals surface area contributed by atoms with E-state index in [0.717, 1.165) is 17.8 Å². The van der Waals surface area contributed by atoms with Gasteiger partial charge in [0.15, 0.2) is 16.7 Å². The molecule has 1 nitrogen and oxygen atoms in total. The van der Waals surface area contributed by atoms with Gasteiger partial charge < -0.3 is 0 Å². The topological polar surface area (TPSA) is 17.1 Å². The summed E-state index contributed by atoms with van der Waals surface area (Å²) in [6, 6.07) is 3.88. The van der Waals surface area contributed by atoms with Crippen LogP contribution in [-0.2, 0) is 4.79 Å². The van der Waals surface area contributed by atoms with E-state index in [1.54, 1.807) is 0 Å². The fraction of sp³-hybridized carbons (Fsp3) is 0.250. The molecule has 0 radical (unpaired) electrons. The molecule has 0 aromatic heterocycles. The van der Waals surface area contributed by atoms with Gasteiger partial charge in [0.05, 0.1) is 5.56 Å². The summed E-state index contributed by atoms with van der Waals surface area (Å²) in [7, 11) is 0. The van der Waals surface area contributed by atoms with Gasteiger partial charge >= 0.3 is 0 Å². The van der Waals surface area contributed by atoms with Crippen molar-refractivity contribution >= 4 is 16.9 Å². The van der Waals surface area contributed by atoms with Gasteiger partial charge in [-0.15, -0.1) is 0 Å². The van der Waals surface area contributed by atoms with Crippen LogP contribution < -0.4 is 0 Å².